The lowest BCUT2D eigenvalue weighted by Crippen LogP contribution is -2.38. The number of likely N-dealkylation sites (tertiary alicyclic amines) is 1. The molecule has 180 valence electrons. The SMILES string of the molecule is COc1cccc(-c2cc(C(=O)N(CCC(=O)NCCC3CCCN3C)CC(C)C)no2)c1. The Balaban J connectivity index is 1.56. The number of methoxy groups -OCH3 is 1. The van der Waals surface area contributed by atoms with E-state index in [-0.39, 0.29) is 29.8 Å². The van der Waals surface area contributed by atoms with Crippen LogP contribution in [0.2, 0.25) is 0 Å². The quantitative estimate of drug-likeness (QED) is 0.557. The van der Waals surface area contributed by atoms with E-state index in [1.54, 1.807) is 18.1 Å². The van der Waals surface area contributed by atoms with Gasteiger partial charge in [0.25, 0.3) is 5.91 Å². The Morgan fingerprint density at radius 2 is 2.15 bits per heavy atom. The molecular formula is C25H36N4O4. The van der Waals surface area contributed by atoms with Crippen LogP contribution < -0.4 is 10.1 Å². The molecule has 0 radical (unpaired) electrons. The fourth-order valence-corrected chi connectivity index (χ4v) is 4.21. The largest absolute Gasteiger partial charge is 0.497 e. The molecule has 0 bridgehead atoms. The minimum Gasteiger partial charge on any atom is -0.497 e. The molecule has 1 unspecified atom stereocenters. The zero-order valence-corrected chi connectivity index (χ0v) is 20.2. The predicted octanol–water partition coefficient (Wildman–Crippen LogP) is 3.44. The minimum absolute atomic E-state index is 0.0329. The van der Waals surface area contributed by atoms with Gasteiger partial charge in [-0.15, -0.1) is 0 Å². The summed E-state index contributed by atoms with van der Waals surface area (Å²) in [6, 6.07) is 9.59. The highest BCUT2D eigenvalue weighted by molar-refractivity contribution is 5.93. The summed E-state index contributed by atoms with van der Waals surface area (Å²) in [6.45, 7) is 6.77. The Labute approximate surface area is 196 Å². The second-order valence-corrected chi connectivity index (χ2v) is 9.12. The van der Waals surface area contributed by atoms with Crippen molar-refractivity contribution >= 4 is 11.8 Å². The normalized spacial score (nSPS) is 16.2. The Morgan fingerprint density at radius 3 is 2.85 bits per heavy atom. The van der Waals surface area contributed by atoms with E-state index in [1.807, 2.05) is 38.1 Å². The molecule has 1 saturated heterocycles. The summed E-state index contributed by atoms with van der Waals surface area (Å²) in [5.74, 6) is 1.19. The molecule has 2 aromatic rings. The number of aromatic nitrogens is 1. The van der Waals surface area contributed by atoms with Crippen molar-refractivity contribution in [1.82, 2.24) is 20.3 Å². The first kappa shape index (κ1) is 24.8. The molecule has 2 amide bonds. The van der Waals surface area contributed by atoms with Crippen molar-refractivity contribution in [2.24, 2.45) is 5.92 Å². The van der Waals surface area contributed by atoms with Crippen LogP contribution in [0.15, 0.2) is 34.9 Å². The van der Waals surface area contributed by atoms with E-state index in [0.717, 1.165) is 18.5 Å². The van der Waals surface area contributed by atoms with E-state index in [9.17, 15) is 9.59 Å². The number of hydrogen-bond donors (Lipinski definition) is 1. The number of hydrogen-bond acceptors (Lipinski definition) is 6. The molecule has 1 aromatic heterocycles. The number of carbonyl (C=O) groups is 2. The van der Waals surface area contributed by atoms with E-state index in [2.05, 4.69) is 22.4 Å². The van der Waals surface area contributed by atoms with Crippen molar-refractivity contribution in [2.45, 2.75) is 45.6 Å². The molecule has 1 aromatic carbocycles. The highest BCUT2D eigenvalue weighted by atomic mass is 16.5. The van der Waals surface area contributed by atoms with Crippen molar-refractivity contribution in [3.63, 3.8) is 0 Å². The standard InChI is InChI=1S/C25H36N4O4/c1-18(2)17-29(14-11-24(30)26-12-10-20-8-6-13-28(20)3)25(31)22-16-23(33-27-22)19-7-5-9-21(15-19)32-4/h5,7,9,15-16,18,20H,6,8,10-14,17H2,1-4H3,(H,26,30). The first-order chi connectivity index (χ1) is 15.9. The lowest BCUT2D eigenvalue weighted by Gasteiger charge is -2.23. The van der Waals surface area contributed by atoms with Crippen LogP contribution in [0.4, 0.5) is 0 Å². The van der Waals surface area contributed by atoms with E-state index in [4.69, 9.17) is 9.26 Å². The third-order valence-corrected chi connectivity index (χ3v) is 6.04. The summed E-state index contributed by atoms with van der Waals surface area (Å²) in [7, 11) is 3.74. The molecule has 0 aliphatic carbocycles. The lowest BCUT2D eigenvalue weighted by molar-refractivity contribution is -0.121. The third kappa shape index (κ3) is 7.05. The number of nitrogens with one attached hydrogen (secondary N) is 1. The third-order valence-electron chi connectivity index (χ3n) is 6.04. The molecule has 3 rings (SSSR count). The topological polar surface area (TPSA) is 87.9 Å². The second kappa shape index (κ2) is 11.8. The zero-order valence-electron chi connectivity index (χ0n) is 20.2. The van der Waals surface area contributed by atoms with Crippen LogP contribution in [0.1, 0.15) is 50.0 Å². The molecule has 8 nitrogen and oxygen atoms in total. The van der Waals surface area contributed by atoms with Gasteiger partial charge in [0.1, 0.15) is 5.75 Å². The highest BCUT2D eigenvalue weighted by Crippen LogP contribution is 2.25. The van der Waals surface area contributed by atoms with Gasteiger partial charge in [-0.2, -0.15) is 0 Å². The van der Waals surface area contributed by atoms with Gasteiger partial charge in [-0.25, -0.2) is 0 Å². The highest BCUT2D eigenvalue weighted by Gasteiger charge is 2.23. The van der Waals surface area contributed by atoms with Crippen LogP contribution in [0.25, 0.3) is 11.3 Å². The fraction of sp³-hybridized carbons (Fsp3) is 0.560. The predicted molar refractivity (Wildman–Crippen MR) is 127 cm³/mol. The second-order valence-electron chi connectivity index (χ2n) is 9.12. The van der Waals surface area contributed by atoms with Crippen molar-refractivity contribution in [3.05, 3.63) is 36.0 Å². The number of rotatable bonds is 11. The first-order valence-electron chi connectivity index (χ1n) is 11.7. The molecule has 1 atom stereocenters. The minimum atomic E-state index is -0.234. The van der Waals surface area contributed by atoms with Gasteiger partial charge in [-0.1, -0.05) is 31.1 Å². The van der Waals surface area contributed by atoms with E-state index >= 15 is 0 Å². The maximum atomic E-state index is 13.1. The number of nitrogens with zero attached hydrogens (tertiary/aromatic N) is 3. The van der Waals surface area contributed by atoms with Gasteiger partial charge >= 0.3 is 0 Å². The molecule has 0 saturated carbocycles. The zero-order chi connectivity index (χ0) is 23.8. The van der Waals surface area contributed by atoms with Crippen LogP contribution in [0, 0.1) is 5.92 Å². The van der Waals surface area contributed by atoms with Gasteiger partial charge in [0.15, 0.2) is 11.5 Å². The Morgan fingerprint density at radius 1 is 1.33 bits per heavy atom. The molecule has 2 heterocycles. The van der Waals surface area contributed by atoms with Gasteiger partial charge in [0.05, 0.1) is 7.11 Å². The Kier molecular flexibility index (Phi) is 8.88. The summed E-state index contributed by atoms with van der Waals surface area (Å²) < 4.78 is 10.7. The van der Waals surface area contributed by atoms with E-state index in [0.29, 0.717) is 37.2 Å². The molecular weight excluding hydrogens is 420 g/mol. The average Bonchev–Trinajstić information content (AvgIpc) is 3.45. The van der Waals surface area contributed by atoms with E-state index < -0.39 is 0 Å². The van der Waals surface area contributed by atoms with Crippen LogP contribution >= 0.6 is 0 Å². The molecule has 33 heavy (non-hydrogen) atoms. The lowest BCUT2D eigenvalue weighted by atomic mass is 10.1. The molecule has 8 heteroatoms. The van der Waals surface area contributed by atoms with Crippen molar-refractivity contribution in [3.8, 4) is 17.1 Å². The number of ether oxygens (including phenoxy) is 1. The summed E-state index contributed by atoms with van der Waals surface area (Å²) in [6.07, 6.45) is 3.64. The van der Waals surface area contributed by atoms with Crippen LogP contribution in [0.3, 0.4) is 0 Å². The smallest absolute Gasteiger partial charge is 0.276 e. The first-order valence-corrected chi connectivity index (χ1v) is 11.7. The summed E-state index contributed by atoms with van der Waals surface area (Å²) in [5.41, 5.74) is 1.02. The van der Waals surface area contributed by atoms with Gasteiger partial charge in [0, 0.05) is 43.7 Å². The molecule has 1 aliphatic heterocycles. The average molecular weight is 457 g/mol. The van der Waals surface area contributed by atoms with Crippen molar-refractivity contribution in [2.75, 3.05) is 40.3 Å². The van der Waals surface area contributed by atoms with Crippen molar-refractivity contribution < 1.29 is 18.8 Å². The number of benzene rings is 1. The molecule has 1 fully saturated rings. The summed E-state index contributed by atoms with van der Waals surface area (Å²) >= 11 is 0. The van der Waals surface area contributed by atoms with Gasteiger partial charge in [-0.3, -0.25) is 9.59 Å². The van der Waals surface area contributed by atoms with E-state index in [1.165, 1.54) is 12.8 Å². The van der Waals surface area contributed by atoms with Gasteiger partial charge in [-0.05, 0) is 50.9 Å². The summed E-state index contributed by atoms with van der Waals surface area (Å²) in [5, 5.41) is 7.00. The number of amides is 2. The van der Waals surface area contributed by atoms with Gasteiger partial charge in [0.2, 0.25) is 5.91 Å². The van der Waals surface area contributed by atoms with Crippen LogP contribution in [-0.4, -0.2) is 73.1 Å². The molecule has 1 N–H and O–H groups in total. The Hall–Kier alpha value is -2.87. The number of carbonyl (C=O) groups excluding carboxylic acids is 2. The molecule has 0 spiro atoms. The van der Waals surface area contributed by atoms with Crippen LogP contribution in [0.5, 0.6) is 5.75 Å². The molecule has 1 aliphatic rings. The Bertz CT molecular complexity index is 927. The van der Waals surface area contributed by atoms with Gasteiger partial charge < -0.3 is 24.4 Å². The maximum Gasteiger partial charge on any atom is 0.276 e. The monoisotopic (exact) mass is 456 g/mol. The maximum absolute atomic E-state index is 13.1. The fourth-order valence-electron chi connectivity index (χ4n) is 4.21. The van der Waals surface area contributed by atoms with Crippen molar-refractivity contribution in [1.29, 1.82) is 0 Å². The van der Waals surface area contributed by atoms with Crippen LogP contribution in [-0.2, 0) is 4.79 Å². The summed E-state index contributed by atoms with van der Waals surface area (Å²) in [4.78, 5) is 29.6.